The lowest BCUT2D eigenvalue weighted by molar-refractivity contribution is -0.134. The molecule has 0 aromatic carbocycles. The lowest BCUT2D eigenvalue weighted by Gasteiger charge is -2.46. The van der Waals surface area contributed by atoms with Crippen molar-refractivity contribution in [3.05, 3.63) is 12.2 Å². The molecule has 5 heteroatoms. The van der Waals surface area contributed by atoms with Gasteiger partial charge in [0.15, 0.2) is 0 Å². The number of hydrogen-bond acceptors (Lipinski definition) is 4. The predicted molar refractivity (Wildman–Crippen MR) is 97.2 cm³/mol. The van der Waals surface area contributed by atoms with Crippen molar-refractivity contribution in [3.63, 3.8) is 0 Å². The molecule has 2 fully saturated rings. The number of allylic oxidation sites excluding steroid dienone is 1. The minimum atomic E-state index is -0.472. The van der Waals surface area contributed by atoms with Crippen LogP contribution in [0.4, 0.5) is 4.79 Å². The van der Waals surface area contributed by atoms with Gasteiger partial charge in [-0.1, -0.05) is 25.3 Å². The van der Waals surface area contributed by atoms with Gasteiger partial charge < -0.3 is 14.4 Å². The van der Waals surface area contributed by atoms with Gasteiger partial charge in [0.25, 0.3) is 0 Å². The molecule has 1 aliphatic heterocycles. The fraction of sp³-hybridized carbons (Fsp3) is 0.800. The van der Waals surface area contributed by atoms with Gasteiger partial charge in [-0.3, -0.25) is 0 Å². The number of hydrogen-bond donors (Lipinski definition) is 0. The highest BCUT2D eigenvalue weighted by molar-refractivity contribution is 5.81. The first-order valence-electron chi connectivity index (χ1n) is 9.51. The number of carbonyl (C=O) groups excluding carboxylic acids is 2. The molecule has 5 nitrogen and oxygen atoms in total. The summed E-state index contributed by atoms with van der Waals surface area (Å²) in [6.07, 6.45) is 11.4. The molecule has 0 aromatic rings. The summed E-state index contributed by atoms with van der Waals surface area (Å²) in [5.74, 6) is 0.285. The molecule has 1 saturated heterocycles. The standard InChI is InChI=1S/C20H33NO4/c1-19(2,3)25-18(23)21-14-12-20(13-15-21,11-10-17(22)24-4)16-8-6-5-7-9-16/h10-11,16H,5-9,12-15H2,1-4H3. The van der Waals surface area contributed by atoms with Crippen LogP contribution in [-0.2, 0) is 14.3 Å². The molecular formula is C20H33NO4. The Bertz CT molecular complexity index is 492. The van der Waals surface area contributed by atoms with Crippen LogP contribution >= 0.6 is 0 Å². The minimum absolute atomic E-state index is 0.00682. The number of piperidine rings is 1. The molecular weight excluding hydrogens is 318 g/mol. The Morgan fingerprint density at radius 3 is 2.20 bits per heavy atom. The van der Waals surface area contributed by atoms with Crippen molar-refractivity contribution in [2.45, 2.75) is 71.3 Å². The van der Waals surface area contributed by atoms with Gasteiger partial charge in [0, 0.05) is 19.2 Å². The van der Waals surface area contributed by atoms with Crippen molar-refractivity contribution < 1.29 is 19.1 Å². The molecule has 0 aromatic heterocycles. The maximum absolute atomic E-state index is 12.3. The van der Waals surface area contributed by atoms with Crippen LogP contribution in [0.2, 0.25) is 0 Å². The fourth-order valence-corrected chi connectivity index (χ4v) is 4.12. The fourth-order valence-electron chi connectivity index (χ4n) is 4.12. The average Bonchev–Trinajstić information content (AvgIpc) is 2.59. The van der Waals surface area contributed by atoms with Crippen molar-refractivity contribution in [1.82, 2.24) is 4.90 Å². The van der Waals surface area contributed by atoms with Crippen LogP contribution in [0.1, 0.15) is 65.7 Å². The monoisotopic (exact) mass is 351 g/mol. The largest absolute Gasteiger partial charge is 0.466 e. The van der Waals surface area contributed by atoms with Crippen LogP contribution in [-0.4, -0.2) is 42.8 Å². The molecule has 0 N–H and O–H groups in total. The average molecular weight is 351 g/mol. The third-order valence-corrected chi connectivity index (χ3v) is 5.52. The van der Waals surface area contributed by atoms with E-state index in [1.54, 1.807) is 11.0 Å². The van der Waals surface area contributed by atoms with E-state index in [9.17, 15) is 9.59 Å². The van der Waals surface area contributed by atoms with E-state index >= 15 is 0 Å². The van der Waals surface area contributed by atoms with Crippen LogP contribution in [0, 0.1) is 11.3 Å². The normalized spacial score (nSPS) is 22.0. The summed E-state index contributed by atoms with van der Waals surface area (Å²) >= 11 is 0. The van der Waals surface area contributed by atoms with Crippen molar-refractivity contribution in [2.24, 2.45) is 11.3 Å². The number of likely N-dealkylation sites (tertiary alicyclic amines) is 1. The first-order valence-corrected chi connectivity index (χ1v) is 9.51. The summed E-state index contributed by atoms with van der Waals surface area (Å²) in [5, 5.41) is 0. The lowest BCUT2D eigenvalue weighted by atomic mass is 9.63. The maximum atomic E-state index is 12.3. The molecule has 1 amide bonds. The second-order valence-corrected chi connectivity index (χ2v) is 8.39. The smallest absolute Gasteiger partial charge is 0.410 e. The Hall–Kier alpha value is -1.52. The van der Waals surface area contributed by atoms with Gasteiger partial charge in [-0.2, -0.15) is 0 Å². The summed E-state index contributed by atoms with van der Waals surface area (Å²) < 4.78 is 10.3. The second-order valence-electron chi connectivity index (χ2n) is 8.39. The van der Waals surface area contributed by atoms with E-state index in [-0.39, 0.29) is 17.5 Å². The summed E-state index contributed by atoms with van der Waals surface area (Å²) in [7, 11) is 1.41. The Balaban J connectivity index is 2.07. The highest BCUT2D eigenvalue weighted by atomic mass is 16.6. The first kappa shape index (κ1) is 19.8. The van der Waals surface area contributed by atoms with Crippen LogP contribution in [0.15, 0.2) is 12.2 Å². The molecule has 0 bridgehead atoms. The van der Waals surface area contributed by atoms with E-state index in [1.165, 1.54) is 39.2 Å². The Kier molecular flexibility index (Phi) is 6.53. The highest BCUT2D eigenvalue weighted by Gasteiger charge is 2.41. The maximum Gasteiger partial charge on any atom is 0.410 e. The van der Waals surface area contributed by atoms with Gasteiger partial charge in [-0.15, -0.1) is 0 Å². The van der Waals surface area contributed by atoms with Crippen molar-refractivity contribution in [3.8, 4) is 0 Å². The quantitative estimate of drug-likeness (QED) is 0.561. The van der Waals surface area contributed by atoms with E-state index in [1.807, 2.05) is 20.8 Å². The molecule has 0 unspecified atom stereocenters. The molecule has 0 atom stereocenters. The van der Waals surface area contributed by atoms with E-state index in [2.05, 4.69) is 6.08 Å². The Morgan fingerprint density at radius 2 is 1.68 bits per heavy atom. The predicted octanol–water partition coefficient (Wildman–Crippen LogP) is 4.31. The van der Waals surface area contributed by atoms with E-state index in [0.29, 0.717) is 19.0 Å². The van der Waals surface area contributed by atoms with Gasteiger partial charge in [0.2, 0.25) is 0 Å². The summed E-state index contributed by atoms with van der Waals surface area (Å²) in [6, 6.07) is 0. The van der Waals surface area contributed by atoms with Crippen molar-refractivity contribution >= 4 is 12.1 Å². The molecule has 2 rings (SSSR count). The molecule has 0 spiro atoms. The van der Waals surface area contributed by atoms with E-state index < -0.39 is 5.60 Å². The van der Waals surface area contributed by atoms with Crippen LogP contribution in [0.5, 0.6) is 0 Å². The van der Waals surface area contributed by atoms with Crippen LogP contribution in [0.25, 0.3) is 0 Å². The van der Waals surface area contributed by atoms with Gasteiger partial charge in [-0.25, -0.2) is 9.59 Å². The summed E-state index contributed by atoms with van der Waals surface area (Å²) in [5.41, 5.74) is -0.479. The van der Waals surface area contributed by atoms with Crippen LogP contribution in [0.3, 0.4) is 0 Å². The minimum Gasteiger partial charge on any atom is -0.466 e. The molecule has 2 aliphatic rings. The van der Waals surface area contributed by atoms with Crippen molar-refractivity contribution in [1.29, 1.82) is 0 Å². The molecule has 25 heavy (non-hydrogen) atoms. The van der Waals surface area contributed by atoms with Gasteiger partial charge in [-0.05, 0) is 57.8 Å². The second kappa shape index (κ2) is 8.24. The zero-order chi connectivity index (χ0) is 18.5. The molecule has 142 valence electrons. The van der Waals surface area contributed by atoms with E-state index in [4.69, 9.17) is 9.47 Å². The first-order chi connectivity index (χ1) is 11.8. The molecule has 1 aliphatic carbocycles. The third kappa shape index (κ3) is 5.48. The van der Waals surface area contributed by atoms with Crippen LogP contribution < -0.4 is 0 Å². The summed E-state index contributed by atoms with van der Waals surface area (Å²) in [6.45, 7) is 7.02. The third-order valence-electron chi connectivity index (χ3n) is 5.52. The summed E-state index contributed by atoms with van der Waals surface area (Å²) in [4.78, 5) is 25.7. The number of ether oxygens (including phenoxy) is 2. The topological polar surface area (TPSA) is 55.8 Å². The zero-order valence-corrected chi connectivity index (χ0v) is 16.2. The van der Waals surface area contributed by atoms with Gasteiger partial charge >= 0.3 is 12.1 Å². The number of rotatable bonds is 3. The van der Waals surface area contributed by atoms with Gasteiger partial charge in [0.05, 0.1) is 7.11 Å². The SMILES string of the molecule is COC(=O)C=CC1(C2CCCCC2)CCN(C(=O)OC(C)(C)C)CC1. The number of esters is 1. The zero-order valence-electron chi connectivity index (χ0n) is 16.2. The number of nitrogens with zero attached hydrogens (tertiary/aromatic N) is 1. The number of amides is 1. The molecule has 1 heterocycles. The Labute approximate surface area is 151 Å². The number of methoxy groups -OCH3 is 1. The van der Waals surface area contributed by atoms with Crippen molar-refractivity contribution in [2.75, 3.05) is 20.2 Å². The Morgan fingerprint density at radius 1 is 1.08 bits per heavy atom. The molecule has 0 radical (unpaired) electrons. The van der Waals surface area contributed by atoms with Gasteiger partial charge in [0.1, 0.15) is 5.60 Å². The highest BCUT2D eigenvalue weighted by Crippen LogP contribution is 2.47. The van der Waals surface area contributed by atoms with E-state index in [0.717, 1.165) is 12.8 Å². The molecule has 1 saturated carbocycles. The number of carbonyl (C=O) groups is 2. The lowest BCUT2D eigenvalue weighted by Crippen LogP contribution is -2.47.